The number of hydrogen-bond donors (Lipinski definition) is 2. The van der Waals surface area contributed by atoms with Gasteiger partial charge in [-0.05, 0) is 49.0 Å². The van der Waals surface area contributed by atoms with Crippen molar-refractivity contribution in [2.24, 2.45) is 5.73 Å². The number of carbonyl (C=O) groups excluding carboxylic acids is 1. The van der Waals surface area contributed by atoms with Crippen molar-refractivity contribution in [2.75, 3.05) is 18.6 Å². The fourth-order valence-corrected chi connectivity index (χ4v) is 3.35. The number of carbonyl (C=O) groups is 1. The smallest absolute Gasteiger partial charge is 0.236 e. The molecular weight excluding hydrogens is 339 g/mol. The van der Waals surface area contributed by atoms with Crippen molar-refractivity contribution in [1.82, 2.24) is 5.32 Å². The topological polar surface area (TPSA) is 55.1 Å². The maximum atomic E-state index is 12.1. The van der Waals surface area contributed by atoms with Crippen molar-refractivity contribution in [3.63, 3.8) is 0 Å². The molecule has 0 aliphatic heterocycles. The van der Waals surface area contributed by atoms with E-state index in [4.69, 9.17) is 17.3 Å². The molecule has 0 bridgehead atoms. The highest BCUT2D eigenvalue weighted by atomic mass is 35.5. The SMILES string of the molecule is CSCC[C@H](N)C(=O)NCC1(c2ccc(Cl)cc2)CCC1.Cl. The van der Waals surface area contributed by atoms with E-state index in [-0.39, 0.29) is 23.7 Å². The van der Waals surface area contributed by atoms with E-state index in [9.17, 15) is 4.79 Å². The Hall–Kier alpha value is -0.420. The molecule has 0 unspecified atom stereocenters. The Labute approximate surface area is 148 Å². The quantitative estimate of drug-likeness (QED) is 0.781. The van der Waals surface area contributed by atoms with Gasteiger partial charge in [-0.2, -0.15) is 11.8 Å². The average molecular weight is 363 g/mol. The molecule has 1 amide bonds. The molecule has 0 spiro atoms. The molecule has 1 aliphatic carbocycles. The van der Waals surface area contributed by atoms with E-state index in [2.05, 4.69) is 17.4 Å². The summed E-state index contributed by atoms with van der Waals surface area (Å²) in [6.45, 7) is 0.667. The molecule has 1 aromatic carbocycles. The molecule has 1 atom stereocenters. The van der Waals surface area contributed by atoms with E-state index in [0.29, 0.717) is 6.54 Å². The normalized spacial score (nSPS) is 17.0. The van der Waals surface area contributed by atoms with Crippen molar-refractivity contribution in [3.05, 3.63) is 34.9 Å². The lowest BCUT2D eigenvalue weighted by atomic mass is 9.64. The lowest BCUT2D eigenvalue weighted by Gasteiger charge is -2.42. The molecule has 22 heavy (non-hydrogen) atoms. The van der Waals surface area contributed by atoms with Crippen molar-refractivity contribution in [1.29, 1.82) is 0 Å². The first-order valence-corrected chi connectivity index (χ1v) is 9.13. The van der Waals surface area contributed by atoms with Gasteiger partial charge >= 0.3 is 0 Å². The third kappa shape index (κ3) is 4.79. The number of rotatable bonds is 7. The highest BCUT2D eigenvalue weighted by Crippen LogP contribution is 2.43. The maximum Gasteiger partial charge on any atom is 0.236 e. The largest absolute Gasteiger partial charge is 0.354 e. The van der Waals surface area contributed by atoms with Gasteiger partial charge in [-0.25, -0.2) is 0 Å². The fraction of sp³-hybridized carbons (Fsp3) is 0.562. The minimum atomic E-state index is -0.403. The predicted octanol–water partition coefficient (Wildman–Crippen LogP) is 3.38. The van der Waals surface area contributed by atoms with E-state index in [1.54, 1.807) is 11.8 Å². The molecule has 1 aliphatic rings. The number of nitrogens with two attached hydrogens (primary N) is 1. The summed E-state index contributed by atoms with van der Waals surface area (Å²) >= 11 is 7.66. The van der Waals surface area contributed by atoms with Crippen LogP contribution in [0.2, 0.25) is 5.02 Å². The zero-order valence-corrected chi connectivity index (χ0v) is 15.2. The van der Waals surface area contributed by atoms with Crippen LogP contribution in [0.4, 0.5) is 0 Å². The van der Waals surface area contributed by atoms with Gasteiger partial charge in [0.1, 0.15) is 0 Å². The minimum absolute atomic E-state index is 0. The summed E-state index contributed by atoms with van der Waals surface area (Å²) in [5, 5.41) is 3.79. The number of thioether (sulfide) groups is 1. The van der Waals surface area contributed by atoms with E-state index >= 15 is 0 Å². The van der Waals surface area contributed by atoms with Gasteiger partial charge in [-0.15, -0.1) is 12.4 Å². The van der Waals surface area contributed by atoms with Crippen LogP contribution in [0.3, 0.4) is 0 Å². The van der Waals surface area contributed by atoms with Gasteiger partial charge in [0.05, 0.1) is 6.04 Å². The summed E-state index contributed by atoms with van der Waals surface area (Å²) in [7, 11) is 0. The maximum absolute atomic E-state index is 12.1. The van der Waals surface area contributed by atoms with Gasteiger partial charge in [-0.3, -0.25) is 4.79 Å². The molecule has 0 aromatic heterocycles. The third-order valence-corrected chi connectivity index (χ3v) is 5.23. The first-order chi connectivity index (χ1) is 10.1. The summed E-state index contributed by atoms with van der Waals surface area (Å²) in [5.74, 6) is 0.876. The molecular formula is C16H24Cl2N2OS. The molecule has 6 heteroatoms. The van der Waals surface area contributed by atoms with Crippen molar-refractivity contribution in [2.45, 2.75) is 37.1 Å². The van der Waals surface area contributed by atoms with E-state index in [1.165, 1.54) is 12.0 Å². The van der Waals surface area contributed by atoms with Crippen molar-refractivity contribution < 1.29 is 4.79 Å². The monoisotopic (exact) mass is 362 g/mol. The van der Waals surface area contributed by atoms with Crippen LogP contribution in [-0.2, 0) is 10.2 Å². The molecule has 2 rings (SSSR count). The van der Waals surface area contributed by atoms with E-state index in [1.807, 2.05) is 18.4 Å². The minimum Gasteiger partial charge on any atom is -0.354 e. The Morgan fingerprint density at radius 2 is 2.05 bits per heavy atom. The Morgan fingerprint density at radius 1 is 1.41 bits per heavy atom. The van der Waals surface area contributed by atoms with E-state index in [0.717, 1.165) is 30.0 Å². The molecule has 124 valence electrons. The molecule has 1 fully saturated rings. The Bertz CT molecular complexity index is 478. The second kappa shape index (κ2) is 9.02. The number of amides is 1. The van der Waals surface area contributed by atoms with Crippen LogP contribution in [-0.4, -0.2) is 30.5 Å². The van der Waals surface area contributed by atoms with Crippen LogP contribution in [0.1, 0.15) is 31.2 Å². The van der Waals surface area contributed by atoms with E-state index < -0.39 is 6.04 Å². The van der Waals surface area contributed by atoms with Crippen LogP contribution >= 0.6 is 35.8 Å². The van der Waals surface area contributed by atoms with Crippen LogP contribution in [0, 0.1) is 0 Å². The zero-order valence-electron chi connectivity index (χ0n) is 12.8. The highest BCUT2D eigenvalue weighted by Gasteiger charge is 2.39. The van der Waals surface area contributed by atoms with Gasteiger partial charge in [-0.1, -0.05) is 30.2 Å². The lowest BCUT2D eigenvalue weighted by Crippen LogP contribution is -2.49. The summed E-state index contributed by atoms with van der Waals surface area (Å²) in [6, 6.07) is 7.58. The number of halogens is 2. The van der Waals surface area contributed by atoms with Crippen LogP contribution < -0.4 is 11.1 Å². The number of benzene rings is 1. The van der Waals surface area contributed by atoms with Crippen molar-refractivity contribution >= 4 is 41.7 Å². The molecule has 0 heterocycles. The standard InChI is InChI=1S/C16H23ClN2OS.ClH/c1-21-10-7-14(18)15(20)19-11-16(8-2-9-16)12-3-5-13(17)6-4-12;/h3-6,14H,2,7-11,18H2,1H3,(H,19,20);1H/t14-;/m0./s1. The second-order valence-electron chi connectivity index (χ2n) is 5.75. The van der Waals surface area contributed by atoms with Crippen molar-refractivity contribution in [3.8, 4) is 0 Å². The second-order valence-corrected chi connectivity index (χ2v) is 7.17. The Morgan fingerprint density at radius 3 is 2.55 bits per heavy atom. The van der Waals surface area contributed by atoms with Gasteiger partial charge in [0.15, 0.2) is 0 Å². The van der Waals surface area contributed by atoms with Gasteiger partial charge in [0.25, 0.3) is 0 Å². The number of nitrogens with one attached hydrogen (secondary N) is 1. The lowest BCUT2D eigenvalue weighted by molar-refractivity contribution is -0.122. The Kier molecular flexibility index (Phi) is 8.04. The third-order valence-electron chi connectivity index (χ3n) is 4.34. The average Bonchev–Trinajstić information content (AvgIpc) is 2.45. The van der Waals surface area contributed by atoms with Crippen LogP contribution in [0.5, 0.6) is 0 Å². The fourth-order valence-electron chi connectivity index (χ4n) is 2.74. The summed E-state index contributed by atoms with van der Waals surface area (Å²) in [5.41, 5.74) is 7.24. The predicted molar refractivity (Wildman–Crippen MR) is 98.2 cm³/mol. The summed E-state index contributed by atoms with van der Waals surface area (Å²) in [6.07, 6.45) is 6.16. The first-order valence-electron chi connectivity index (χ1n) is 7.36. The first kappa shape index (κ1) is 19.6. The Balaban J connectivity index is 0.00000242. The number of hydrogen-bond acceptors (Lipinski definition) is 3. The van der Waals surface area contributed by atoms with Crippen LogP contribution in [0.25, 0.3) is 0 Å². The molecule has 1 saturated carbocycles. The molecule has 0 radical (unpaired) electrons. The molecule has 1 aromatic rings. The van der Waals surface area contributed by atoms with Crippen LogP contribution in [0.15, 0.2) is 24.3 Å². The summed E-state index contributed by atoms with van der Waals surface area (Å²) in [4.78, 5) is 12.1. The molecule has 3 nitrogen and oxygen atoms in total. The zero-order chi connectivity index (χ0) is 15.3. The van der Waals surface area contributed by atoms with Gasteiger partial charge in [0.2, 0.25) is 5.91 Å². The highest BCUT2D eigenvalue weighted by molar-refractivity contribution is 7.98. The van der Waals surface area contributed by atoms with Gasteiger partial charge in [0, 0.05) is 17.0 Å². The van der Waals surface area contributed by atoms with Gasteiger partial charge < -0.3 is 11.1 Å². The molecule has 3 N–H and O–H groups in total. The summed E-state index contributed by atoms with van der Waals surface area (Å²) < 4.78 is 0. The molecule has 0 saturated heterocycles.